The number of benzene rings is 2. The van der Waals surface area contributed by atoms with Gasteiger partial charge in [0.15, 0.2) is 0 Å². The van der Waals surface area contributed by atoms with Crippen LogP contribution in [0.2, 0.25) is 0 Å². The molecule has 26 heavy (non-hydrogen) atoms. The normalized spacial score (nSPS) is 17.4. The van der Waals surface area contributed by atoms with Gasteiger partial charge in [-0.15, -0.1) is 0 Å². The van der Waals surface area contributed by atoms with Crippen LogP contribution in [0.15, 0.2) is 60.8 Å². The van der Waals surface area contributed by atoms with Crippen LogP contribution in [0.3, 0.4) is 0 Å². The summed E-state index contributed by atoms with van der Waals surface area (Å²) in [5.41, 5.74) is 2.72. The molecule has 132 valence electrons. The van der Waals surface area contributed by atoms with E-state index in [1.165, 1.54) is 0 Å². The summed E-state index contributed by atoms with van der Waals surface area (Å²) in [6.45, 7) is 1.56. The highest BCUT2D eigenvalue weighted by Crippen LogP contribution is 2.25. The molecule has 2 aromatic carbocycles. The number of hydrogen-bond acceptors (Lipinski definition) is 4. The summed E-state index contributed by atoms with van der Waals surface area (Å²) in [6, 6.07) is 16.9. The third-order valence-electron chi connectivity index (χ3n) is 4.66. The summed E-state index contributed by atoms with van der Waals surface area (Å²) in [6.07, 6.45) is 1.88. The summed E-state index contributed by atoms with van der Waals surface area (Å²) in [7, 11) is 0. The zero-order chi connectivity index (χ0) is 17.9. The van der Waals surface area contributed by atoms with Gasteiger partial charge in [-0.3, -0.25) is 9.78 Å². The number of aromatic hydroxyl groups is 1. The number of nitrogens with zero attached hydrogens (tertiary/aromatic N) is 2. The molecule has 0 spiro atoms. The Morgan fingerprint density at radius 1 is 1.19 bits per heavy atom. The van der Waals surface area contributed by atoms with E-state index in [-0.39, 0.29) is 17.8 Å². The van der Waals surface area contributed by atoms with E-state index in [1.54, 1.807) is 24.4 Å². The molecule has 4 rings (SSSR count). The first-order valence-electron chi connectivity index (χ1n) is 8.71. The van der Waals surface area contributed by atoms with Crippen molar-refractivity contribution in [2.45, 2.75) is 12.5 Å². The summed E-state index contributed by atoms with van der Waals surface area (Å²) in [4.78, 5) is 19.0. The molecule has 0 radical (unpaired) electrons. The average Bonchev–Trinajstić information content (AvgIpc) is 2.68. The number of rotatable bonds is 3. The van der Waals surface area contributed by atoms with Gasteiger partial charge in [0.2, 0.25) is 5.91 Å². The highest BCUT2D eigenvalue weighted by Gasteiger charge is 2.25. The van der Waals surface area contributed by atoms with Crippen LogP contribution in [0, 0.1) is 0 Å². The van der Waals surface area contributed by atoms with Gasteiger partial charge in [-0.05, 0) is 35.4 Å². The lowest BCUT2D eigenvalue weighted by molar-refractivity contribution is -0.138. The Labute approximate surface area is 151 Å². The molecule has 1 N–H and O–H groups in total. The Morgan fingerprint density at radius 2 is 2.08 bits per heavy atom. The number of hydrogen-bond donors (Lipinski definition) is 1. The SMILES string of the molecule is O=C(Cc1cnc2ccccc2c1)N1CCO[C@H](c2cccc(O)c2)C1. The van der Waals surface area contributed by atoms with Crippen LogP contribution < -0.4 is 0 Å². The number of carbonyl (C=O) groups excluding carboxylic acids is 1. The van der Waals surface area contributed by atoms with Crippen LogP contribution in [-0.2, 0) is 16.0 Å². The first-order valence-corrected chi connectivity index (χ1v) is 8.71. The highest BCUT2D eigenvalue weighted by molar-refractivity contribution is 5.82. The molecule has 1 amide bonds. The van der Waals surface area contributed by atoms with Crippen LogP contribution in [0.4, 0.5) is 0 Å². The molecule has 2 heterocycles. The fourth-order valence-corrected chi connectivity index (χ4v) is 3.30. The molecule has 1 saturated heterocycles. The fraction of sp³-hybridized carbons (Fsp3) is 0.238. The molecule has 1 fully saturated rings. The third-order valence-corrected chi connectivity index (χ3v) is 4.66. The average molecular weight is 348 g/mol. The number of phenolic OH excluding ortho intramolecular Hbond substituents is 1. The highest BCUT2D eigenvalue weighted by atomic mass is 16.5. The molecule has 0 saturated carbocycles. The number of para-hydroxylation sites is 1. The predicted molar refractivity (Wildman–Crippen MR) is 98.8 cm³/mol. The van der Waals surface area contributed by atoms with E-state index < -0.39 is 0 Å². The Bertz CT molecular complexity index is 941. The summed E-state index contributed by atoms with van der Waals surface area (Å²) in [5.74, 6) is 0.271. The molecule has 1 atom stereocenters. The number of pyridine rings is 1. The zero-order valence-electron chi connectivity index (χ0n) is 14.3. The first kappa shape index (κ1) is 16.5. The third kappa shape index (κ3) is 3.53. The molecule has 1 aromatic heterocycles. The van der Waals surface area contributed by atoms with Crippen molar-refractivity contribution >= 4 is 16.8 Å². The molecule has 5 heteroatoms. The Kier molecular flexibility index (Phi) is 4.54. The van der Waals surface area contributed by atoms with Crippen molar-refractivity contribution in [2.24, 2.45) is 0 Å². The molecule has 0 aliphatic carbocycles. The standard InChI is InChI=1S/C21H20N2O3/c24-18-6-3-5-17(12-18)20-14-23(8-9-26-20)21(25)11-15-10-16-4-1-2-7-19(16)22-13-15/h1-7,10,12-13,20,24H,8-9,11,14H2/t20-/m0/s1. The fourth-order valence-electron chi connectivity index (χ4n) is 3.30. The maximum absolute atomic E-state index is 12.7. The van der Waals surface area contributed by atoms with E-state index in [1.807, 2.05) is 41.3 Å². The van der Waals surface area contributed by atoms with Gasteiger partial charge in [-0.2, -0.15) is 0 Å². The molecule has 3 aromatic rings. The van der Waals surface area contributed by atoms with Gasteiger partial charge >= 0.3 is 0 Å². The lowest BCUT2D eigenvalue weighted by atomic mass is 10.1. The smallest absolute Gasteiger partial charge is 0.227 e. The van der Waals surface area contributed by atoms with Gasteiger partial charge in [-0.1, -0.05) is 30.3 Å². The monoisotopic (exact) mass is 348 g/mol. The van der Waals surface area contributed by atoms with Gasteiger partial charge in [-0.25, -0.2) is 0 Å². The van der Waals surface area contributed by atoms with E-state index >= 15 is 0 Å². The van der Waals surface area contributed by atoms with Crippen molar-refractivity contribution in [3.63, 3.8) is 0 Å². The lowest BCUT2D eigenvalue weighted by Crippen LogP contribution is -2.43. The van der Waals surface area contributed by atoms with Crippen molar-refractivity contribution < 1.29 is 14.6 Å². The second-order valence-corrected chi connectivity index (χ2v) is 6.51. The molecule has 1 aliphatic rings. The van der Waals surface area contributed by atoms with Gasteiger partial charge in [0.1, 0.15) is 11.9 Å². The summed E-state index contributed by atoms with van der Waals surface area (Å²) in [5, 5.41) is 10.7. The number of morpholine rings is 1. The number of fused-ring (bicyclic) bond motifs is 1. The molecule has 1 aliphatic heterocycles. The summed E-state index contributed by atoms with van der Waals surface area (Å²) < 4.78 is 5.79. The van der Waals surface area contributed by atoms with Gasteiger partial charge < -0.3 is 14.7 Å². The predicted octanol–water partition coefficient (Wildman–Crippen LogP) is 3.08. The number of ether oxygens (including phenoxy) is 1. The van der Waals surface area contributed by atoms with Crippen LogP contribution in [0.1, 0.15) is 17.2 Å². The van der Waals surface area contributed by atoms with E-state index in [4.69, 9.17) is 4.74 Å². The lowest BCUT2D eigenvalue weighted by Gasteiger charge is -2.33. The summed E-state index contributed by atoms with van der Waals surface area (Å²) >= 11 is 0. The molecule has 0 bridgehead atoms. The topological polar surface area (TPSA) is 62.7 Å². The number of carbonyl (C=O) groups is 1. The number of amides is 1. The quantitative estimate of drug-likeness (QED) is 0.790. The second-order valence-electron chi connectivity index (χ2n) is 6.51. The minimum Gasteiger partial charge on any atom is -0.508 e. The first-order chi connectivity index (χ1) is 12.7. The number of phenols is 1. The minimum absolute atomic E-state index is 0.0653. The van der Waals surface area contributed by atoms with Crippen molar-refractivity contribution in [3.05, 3.63) is 71.9 Å². The molecule has 5 nitrogen and oxygen atoms in total. The molecular weight excluding hydrogens is 328 g/mol. The maximum atomic E-state index is 12.7. The van der Waals surface area contributed by atoms with Gasteiger partial charge in [0.05, 0.1) is 25.1 Å². The number of aromatic nitrogens is 1. The Balaban J connectivity index is 1.46. The van der Waals surface area contributed by atoms with E-state index in [2.05, 4.69) is 4.98 Å². The van der Waals surface area contributed by atoms with E-state index in [0.717, 1.165) is 22.0 Å². The molecular formula is C21H20N2O3. The second kappa shape index (κ2) is 7.14. The van der Waals surface area contributed by atoms with Crippen LogP contribution in [0.5, 0.6) is 5.75 Å². The van der Waals surface area contributed by atoms with Crippen molar-refractivity contribution in [3.8, 4) is 5.75 Å². The van der Waals surface area contributed by atoms with Gasteiger partial charge in [0, 0.05) is 18.1 Å². The molecule has 0 unspecified atom stereocenters. The van der Waals surface area contributed by atoms with Crippen LogP contribution in [-0.4, -0.2) is 40.6 Å². The van der Waals surface area contributed by atoms with Crippen molar-refractivity contribution in [1.29, 1.82) is 0 Å². The largest absolute Gasteiger partial charge is 0.508 e. The van der Waals surface area contributed by atoms with Gasteiger partial charge in [0.25, 0.3) is 0 Å². The van der Waals surface area contributed by atoms with Crippen molar-refractivity contribution in [1.82, 2.24) is 9.88 Å². The van der Waals surface area contributed by atoms with Crippen LogP contribution >= 0.6 is 0 Å². The Morgan fingerprint density at radius 3 is 2.96 bits per heavy atom. The van der Waals surface area contributed by atoms with Crippen molar-refractivity contribution in [2.75, 3.05) is 19.7 Å². The van der Waals surface area contributed by atoms with Crippen LogP contribution in [0.25, 0.3) is 10.9 Å². The minimum atomic E-state index is -0.213. The maximum Gasteiger partial charge on any atom is 0.227 e. The zero-order valence-corrected chi connectivity index (χ0v) is 14.3. The van der Waals surface area contributed by atoms with E-state index in [0.29, 0.717) is 26.1 Å². The van der Waals surface area contributed by atoms with E-state index in [9.17, 15) is 9.90 Å². The Hall–Kier alpha value is -2.92.